The molecule has 3 amide bonds. The Kier molecular flexibility index (Phi) is 8.29. The SMILES string of the molecule is CCOCCCNC(=O)c1cc(NC(=O)Nc2ccccc2C)ccc1N1CCCC1. The maximum atomic E-state index is 12.9. The lowest BCUT2D eigenvalue weighted by molar-refractivity contribution is 0.0944. The maximum absolute atomic E-state index is 12.9. The fourth-order valence-corrected chi connectivity index (χ4v) is 3.64. The quantitative estimate of drug-likeness (QED) is 0.521. The second kappa shape index (κ2) is 11.4. The molecular weight excluding hydrogens is 392 g/mol. The Balaban J connectivity index is 1.71. The number of carbonyl (C=O) groups excluding carboxylic acids is 2. The maximum Gasteiger partial charge on any atom is 0.323 e. The minimum absolute atomic E-state index is 0.138. The molecule has 166 valence electrons. The second-order valence-electron chi connectivity index (χ2n) is 7.63. The summed E-state index contributed by atoms with van der Waals surface area (Å²) in [6.45, 7) is 7.60. The van der Waals surface area contributed by atoms with Gasteiger partial charge in [-0.1, -0.05) is 18.2 Å². The average molecular weight is 425 g/mol. The van der Waals surface area contributed by atoms with Crippen molar-refractivity contribution in [3.63, 3.8) is 0 Å². The van der Waals surface area contributed by atoms with Crippen molar-refractivity contribution in [3.05, 3.63) is 53.6 Å². The van der Waals surface area contributed by atoms with Crippen LogP contribution in [-0.2, 0) is 4.74 Å². The van der Waals surface area contributed by atoms with Crippen LogP contribution >= 0.6 is 0 Å². The van der Waals surface area contributed by atoms with Crippen LogP contribution in [-0.4, -0.2) is 44.8 Å². The number of nitrogens with zero attached hydrogens (tertiary/aromatic N) is 1. The minimum atomic E-state index is -0.341. The molecule has 1 fully saturated rings. The zero-order chi connectivity index (χ0) is 22.1. The smallest absolute Gasteiger partial charge is 0.323 e. The fraction of sp³-hybridized carbons (Fsp3) is 0.417. The first-order chi connectivity index (χ1) is 15.1. The van der Waals surface area contributed by atoms with Gasteiger partial charge in [0.15, 0.2) is 0 Å². The summed E-state index contributed by atoms with van der Waals surface area (Å²) in [6, 6.07) is 12.8. The van der Waals surface area contributed by atoms with E-state index in [1.54, 1.807) is 6.07 Å². The topological polar surface area (TPSA) is 82.7 Å². The molecule has 0 radical (unpaired) electrons. The molecule has 2 aromatic carbocycles. The Morgan fingerprint density at radius 3 is 2.58 bits per heavy atom. The largest absolute Gasteiger partial charge is 0.382 e. The first-order valence-electron chi connectivity index (χ1n) is 11.0. The molecule has 7 heteroatoms. The predicted molar refractivity (Wildman–Crippen MR) is 125 cm³/mol. The van der Waals surface area contributed by atoms with Crippen LogP contribution in [0.3, 0.4) is 0 Å². The van der Waals surface area contributed by atoms with Gasteiger partial charge >= 0.3 is 6.03 Å². The normalized spacial score (nSPS) is 13.2. The Morgan fingerprint density at radius 2 is 1.84 bits per heavy atom. The summed E-state index contributed by atoms with van der Waals surface area (Å²) < 4.78 is 5.33. The molecule has 1 aliphatic rings. The summed E-state index contributed by atoms with van der Waals surface area (Å²) in [6.07, 6.45) is 3.00. The van der Waals surface area contributed by atoms with Crippen molar-refractivity contribution in [3.8, 4) is 0 Å². The molecule has 3 N–H and O–H groups in total. The number of ether oxygens (including phenoxy) is 1. The van der Waals surface area contributed by atoms with Gasteiger partial charge in [-0.05, 0) is 62.9 Å². The molecule has 0 spiro atoms. The van der Waals surface area contributed by atoms with Gasteiger partial charge in [0.25, 0.3) is 5.91 Å². The van der Waals surface area contributed by atoms with E-state index in [0.717, 1.165) is 49.3 Å². The van der Waals surface area contributed by atoms with Crippen LogP contribution in [0.4, 0.5) is 21.9 Å². The van der Waals surface area contributed by atoms with Gasteiger partial charge in [0.05, 0.1) is 5.56 Å². The number of para-hydroxylation sites is 1. The summed E-state index contributed by atoms with van der Waals surface area (Å²) in [7, 11) is 0. The molecular formula is C24H32N4O3. The summed E-state index contributed by atoms with van der Waals surface area (Å²) >= 11 is 0. The zero-order valence-electron chi connectivity index (χ0n) is 18.4. The third-order valence-electron chi connectivity index (χ3n) is 5.29. The summed E-state index contributed by atoms with van der Waals surface area (Å²) in [5.74, 6) is -0.138. The van der Waals surface area contributed by atoms with Crippen molar-refractivity contribution < 1.29 is 14.3 Å². The van der Waals surface area contributed by atoms with Gasteiger partial charge in [-0.15, -0.1) is 0 Å². The highest BCUT2D eigenvalue weighted by Gasteiger charge is 2.20. The Bertz CT molecular complexity index is 894. The number of aryl methyl sites for hydroxylation is 1. The van der Waals surface area contributed by atoms with E-state index in [1.165, 1.54) is 0 Å². The van der Waals surface area contributed by atoms with Gasteiger partial charge in [-0.25, -0.2) is 4.79 Å². The summed E-state index contributed by atoms with van der Waals surface area (Å²) in [5, 5.41) is 8.68. The van der Waals surface area contributed by atoms with Crippen LogP contribution in [0.2, 0.25) is 0 Å². The number of rotatable bonds is 9. The Hall–Kier alpha value is -3.06. The molecule has 7 nitrogen and oxygen atoms in total. The fourth-order valence-electron chi connectivity index (χ4n) is 3.64. The number of benzene rings is 2. The van der Waals surface area contributed by atoms with Crippen LogP contribution in [0.15, 0.2) is 42.5 Å². The first-order valence-corrected chi connectivity index (χ1v) is 11.0. The number of urea groups is 1. The summed E-state index contributed by atoms with van der Waals surface area (Å²) in [5.41, 5.74) is 3.79. The highest BCUT2D eigenvalue weighted by molar-refractivity contribution is 6.04. The molecule has 0 unspecified atom stereocenters. The van der Waals surface area contributed by atoms with Crippen molar-refractivity contribution in [2.24, 2.45) is 0 Å². The number of anilines is 3. The standard InChI is InChI=1S/C24H32N4O3/c1-3-31-16-8-13-25-23(29)20-17-19(11-12-22(20)28-14-6-7-15-28)26-24(30)27-21-10-5-4-9-18(21)2/h4-5,9-12,17H,3,6-8,13-16H2,1-2H3,(H,25,29)(H2,26,27,30). The highest BCUT2D eigenvalue weighted by Crippen LogP contribution is 2.28. The molecule has 3 rings (SSSR count). The molecule has 31 heavy (non-hydrogen) atoms. The molecule has 1 heterocycles. The number of hydrogen-bond acceptors (Lipinski definition) is 4. The lowest BCUT2D eigenvalue weighted by atomic mass is 10.1. The van der Waals surface area contributed by atoms with Gasteiger partial charge < -0.3 is 25.6 Å². The van der Waals surface area contributed by atoms with Crippen LogP contribution < -0.4 is 20.9 Å². The molecule has 0 aromatic heterocycles. The van der Waals surface area contributed by atoms with E-state index >= 15 is 0 Å². The van der Waals surface area contributed by atoms with Crippen LogP contribution in [0, 0.1) is 6.92 Å². The van der Waals surface area contributed by atoms with E-state index in [0.29, 0.717) is 31.0 Å². The van der Waals surface area contributed by atoms with E-state index in [1.807, 2.05) is 50.2 Å². The Labute approximate surface area is 184 Å². The van der Waals surface area contributed by atoms with Crippen molar-refractivity contribution in [1.29, 1.82) is 0 Å². The zero-order valence-corrected chi connectivity index (χ0v) is 18.4. The number of carbonyl (C=O) groups is 2. The monoisotopic (exact) mass is 424 g/mol. The van der Waals surface area contributed by atoms with Crippen molar-refractivity contribution in [2.75, 3.05) is 48.4 Å². The molecule has 1 saturated heterocycles. The van der Waals surface area contributed by atoms with Gasteiger partial charge in [-0.3, -0.25) is 4.79 Å². The van der Waals surface area contributed by atoms with E-state index in [4.69, 9.17) is 4.74 Å². The van der Waals surface area contributed by atoms with Crippen LogP contribution in [0.5, 0.6) is 0 Å². The third kappa shape index (κ3) is 6.46. The van der Waals surface area contributed by atoms with E-state index in [2.05, 4.69) is 20.9 Å². The van der Waals surface area contributed by atoms with E-state index in [9.17, 15) is 9.59 Å². The molecule has 0 aliphatic carbocycles. The minimum Gasteiger partial charge on any atom is -0.382 e. The Morgan fingerprint density at radius 1 is 1.06 bits per heavy atom. The van der Waals surface area contributed by atoms with Crippen LogP contribution in [0.25, 0.3) is 0 Å². The second-order valence-corrected chi connectivity index (χ2v) is 7.63. The van der Waals surface area contributed by atoms with Crippen molar-refractivity contribution >= 4 is 29.0 Å². The number of amides is 3. The van der Waals surface area contributed by atoms with Gasteiger partial charge in [0, 0.05) is 49.9 Å². The van der Waals surface area contributed by atoms with Gasteiger partial charge in [0.2, 0.25) is 0 Å². The number of nitrogens with one attached hydrogen (secondary N) is 3. The van der Waals surface area contributed by atoms with Crippen molar-refractivity contribution in [2.45, 2.75) is 33.1 Å². The van der Waals surface area contributed by atoms with E-state index < -0.39 is 0 Å². The predicted octanol–water partition coefficient (Wildman–Crippen LogP) is 4.40. The van der Waals surface area contributed by atoms with Gasteiger partial charge in [0.1, 0.15) is 0 Å². The number of hydrogen-bond donors (Lipinski definition) is 3. The average Bonchev–Trinajstić information content (AvgIpc) is 3.30. The molecule has 2 aromatic rings. The first kappa shape index (κ1) is 22.6. The third-order valence-corrected chi connectivity index (χ3v) is 5.29. The molecule has 1 aliphatic heterocycles. The van der Waals surface area contributed by atoms with E-state index in [-0.39, 0.29) is 11.9 Å². The van der Waals surface area contributed by atoms with Crippen molar-refractivity contribution in [1.82, 2.24) is 5.32 Å². The molecule has 0 atom stereocenters. The lowest BCUT2D eigenvalue weighted by Gasteiger charge is -2.22. The molecule has 0 saturated carbocycles. The highest BCUT2D eigenvalue weighted by atomic mass is 16.5. The lowest BCUT2D eigenvalue weighted by Crippen LogP contribution is -2.29. The van der Waals surface area contributed by atoms with Crippen LogP contribution in [0.1, 0.15) is 42.1 Å². The van der Waals surface area contributed by atoms with Gasteiger partial charge in [-0.2, -0.15) is 0 Å². The molecule has 0 bridgehead atoms. The summed E-state index contributed by atoms with van der Waals surface area (Å²) in [4.78, 5) is 27.6.